The van der Waals surface area contributed by atoms with E-state index in [-0.39, 0.29) is 11.3 Å². The molecule has 1 amide bonds. The molecule has 2 aliphatic rings. The molecule has 1 saturated heterocycles. The average molecular weight is 329 g/mol. The molecule has 1 aliphatic heterocycles. The zero-order chi connectivity index (χ0) is 16.8. The molecule has 1 saturated carbocycles. The topological polar surface area (TPSA) is 32.3 Å². The largest absolute Gasteiger partial charge is 0.355 e. The lowest BCUT2D eigenvalue weighted by Crippen LogP contribution is -2.43. The van der Waals surface area contributed by atoms with Gasteiger partial charge in [0.1, 0.15) is 0 Å². The molecule has 3 heteroatoms. The zero-order valence-corrected chi connectivity index (χ0v) is 15.1. The van der Waals surface area contributed by atoms with E-state index in [1.165, 1.54) is 31.5 Å². The van der Waals surface area contributed by atoms with Gasteiger partial charge in [-0.15, -0.1) is 0 Å². The Morgan fingerprint density at radius 2 is 1.83 bits per heavy atom. The van der Waals surface area contributed by atoms with Crippen molar-refractivity contribution >= 4 is 5.91 Å². The number of amides is 1. The van der Waals surface area contributed by atoms with E-state index in [9.17, 15) is 4.79 Å². The van der Waals surface area contributed by atoms with Crippen LogP contribution in [0.25, 0.3) is 0 Å². The molecule has 0 atom stereocenters. The van der Waals surface area contributed by atoms with Crippen molar-refractivity contribution < 1.29 is 4.79 Å². The normalized spacial score (nSPS) is 21.7. The predicted octanol–water partition coefficient (Wildman–Crippen LogP) is 3.74. The van der Waals surface area contributed by atoms with Crippen LogP contribution in [0.5, 0.6) is 0 Å². The van der Waals surface area contributed by atoms with E-state index in [1.807, 2.05) is 6.07 Å². The van der Waals surface area contributed by atoms with Crippen molar-refractivity contribution in [1.82, 2.24) is 10.2 Å². The zero-order valence-electron chi connectivity index (χ0n) is 15.1. The first kappa shape index (κ1) is 17.5. The van der Waals surface area contributed by atoms with Gasteiger partial charge in [0.05, 0.1) is 5.41 Å². The summed E-state index contributed by atoms with van der Waals surface area (Å²) in [4.78, 5) is 15.5. The molecule has 24 heavy (non-hydrogen) atoms. The highest BCUT2D eigenvalue weighted by Gasteiger charge is 2.42. The maximum Gasteiger partial charge on any atom is 0.230 e. The van der Waals surface area contributed by atoms with Gasteiger partial charge >= 0.3 is 0 Å². The summed E-state index contributed by atoms with van der Waals surface area (Å²) in [5, 5.41) is 3.25. The molecule has 3 rings (SSSR count). The first-order valence-corrected chi connectivity index (χ1v) is 9.77. The van der Waals surface area contributed by atoms with Crippen LogP contribution in [0.1, 0.15) is 57.4 Å². The summed E-state index contributed by atoms with van der Waals surface area (Å²) in [6.07, 6.45) is 8.01. The van der Waals surface area contributed by atoms with Crippen LogP contribution in [-0.4, -0.2) is 37.0 Å². The van der Waals surface area contributed by atoms with Crippen LogP contribution in [0.2, 0.25) is 0 Å². The Kier molecular flexibility index (Phi) is 5.94. The van der Waals surface area contributed by atoms with Crippen LogP contribution in [0.15, 0.2) is 30.3 Å². The monoisotopic (exact) mass is 328 g/mol. The minimum atomic E-state index is -0.276. The number of hydrogen-bond donors (Lipinski definition) is 1. The van der Waals surface area contributed by atoms with Gasteiger partial charge in [-0.25, -0.2) is 0 Å². The van der Waals surface area contributed by atoms with E-state index < -0.39 is 0 Å². The Balaban J connectivity index is 1.48. The van der Waals surface area contributed by atoms with Crippen molar-refractivity contribution in [2.24, 2.45) is 5.92 Å². The summed E-state index contributed by atoms with van der Waals surface area (Å²) in [5.74, 6) is 1.13. The molecule has 0 spiro atoms. The first-order valence-electron chi connectivity index (χ1n) is 9.77. The molecule has 2 fully saturated rings. The van der Waals surface area contributed by atoms with Crippen molar-refractivity contribution in [1.29, 1.82) is 0 Å². The third kappa shape index (κ3) is 4.00. The quantitative estimate of drug-likeness (QED) is 0.807. The fraction of sp³-hybridized carbons (Fsp3) is 0.667. The van der Waals surface area contributed by atoms with E-state index >= 15 is 0 Å². The number of nitrogens with zero attached hydrogens (tertiary/aromatic N) is 1. The van der Waals surface area contributed by atoms with Crippen molar-refractivity contribution in [2.45, 2.75) is 57.3 Å². The molecule has 0 bridgehead atoms. The summed E-state index contributed by atoms with van der Waals surface area (Å²) < 4.78 is 0. The smallest absolute Gasteiger partial charge is 0.230 e. The second kappa shape index (κ2) is 8.15. The van der Waals surface area contributed by atoms with Gasteiger partial charge in [-0.2, -0.15) is 0 Å². The van der Waals surface area contributed by atoms with E-state index in [4.69, 9.17) is 0 Å². The molecule has 0 radical (unpaired) electrons. The van der Waals surface area contributed by atoms with Crippen molar-refractivity contribution in [3.05, 3.63) is 35.9 Å². The highest BCUT2D eigenvalue weighted by Crippen LogP contribution is 2.41. The van der Waals surface area contributed by atoms with Crippen molar-refractivity contribution in [3.8, 4) is 0 Å². The van der Waals surface area contributed by atoms with Crippen molar-refractivity contribution in [2.75, 3.05) is 26.2 Å². The Morgan fingerprint density at radius 3 is 2.50 bits per heavy atom. The van der Waals surface area contributed by atoms with Crippen molar-refractivity contribution in [3.63, 3.8) is 0 Å². The number of piperidine rings is 1. The third-order valence-electron chi connectivity index (χ3n) is 6.03. The Bertz CT molecular complexity index is 514. The van der Waals surface area contributed by atoms with Gasteiger partial charge in [0.25, 0.3) is 0 Å². The Morgan fingerprint density at radius 1 is 1.17 bits per heavy atom. The summed E-state index contributed by atoms with van der Waals surface area (Å²) in [6, 6.07) is 10.4. The molecule has 0 unspecified atom stereocenters. The summed E-state index contributed by atoms with van der Waals surface area (Å²) in [7, 11) is 0. The minimum Gasteiger partial charge on any atom is -0.355 e. The molecule has 0 aromatic heterocycles. The minimum absolute atomic E-state index is 0.249. The standard InChI is InChI=1S/C21H32N2O/c1-18-10-16-23(17-11-18)15-7-14-22-20(24)21(12-5-6-13-21)19-8-3-2-4-9-19/h2-4,8-9,18H,5-7,10-17H2,1H3,(H,22,24). The number of benzene rings is 1. The molecule has 3 nitrogen and oxygen atoms in total. The maximum atomic E-state index is 12.9. The van der Waals surface area contributed by atoms with E-state index in [0.29, 0.717) is 0 Å². The van der Waals surface area contributed by atoms with Gasteiger partial charge in [0, 0.05) is 6.54 Å². The van der Waals surface area contributed by atoms with E-state index in [1.54, 1.807) is 0 Å². The first-order chi connectivity index (χ1) is 11.7. The number of hydrogen-bond acceptors (Lipinski definition) is 2. The second-order valence-corrected chi connectivity index (χ2v) is 7.79. The number of rotatable bonds is 6. The molecule has 1 N–H and O–H groups in total. The van der Waals surface area contributed by atoms with E-state index in [2.05, 4.69) is 41.4 Å². The second-order valence-electron chi connectivity index (χ2n) is 7.79. The molecular weight excluding hydrogens is 296 g/mol. The van der Waals surface area contributed by atoms with Gasteiger partial charge in [-0.3, -0.25) is 4.79 Å². The lowest BCUT2D eigenvalue weighted by Gasteiger charge is -2.31. The molecule has 1 aliphatic carbocycles. The SMILES string of the molecule is CC1CCN(CCCNC(=O)C2(c3ccccc3)CCCC2)CC1. The van der Waals surface area contributed by atoms with Gasteiger partial charge < -0.3 is 10.2 Å². The van der Waals surface area contributed by atoms with Gasteiger partial charge in [-0.1, -0.05) is 50.1 Å². The van der Waals surface area contributed by atoms with Crippen LogP contribution in [-0.2, 0) is 10.2 Å². The number of likely N-dealkylation sites (tertiary alicyclic amines) is 1. The molecule has 1 aromatic rings. The van der Waals surface area contributed by atoms with Gasteiger partial charge in [0.2, 0.25) is 5.91 Å². The Hall–Kier alpha value is -1.35. The summed E-state index contributed by atoms with van der Waals surface area (Å²) in [5.41, 5.74) is 0.923. The number of carbonyl (C=O) groups is 1. The van der Waals surface area contributed by atoms with Crippen LogP contribution < -0.4 is 5.32 Å². The number of nitrogens with one attached hydrogen (secondary N) is 1. The lowest BCUT2D eigenvalue weighted by molar-refractivity contribution is -0.126. The third-order valence-corrected chi connectivity index (χ3v) is 6.03. The molecular formula is C21H32N2O. The van der Waals surface area contributed by atoms with Crippen LogP contribution in [0.4, 0.5) is 0 Å². The fourth-order valence-corrected chi connectivity index (χ4v) is 4.34. The molecule has 1 aromatic carbocycles. The van der Waals surface area contributed by atoms with Gasteiger partial charge in [0.15, 0.2) is 0 Å². The molecule has 132 valence electrons. The fourth-order valence-electron chi connectivity index (χ4n) is 4.34. The Labute approximate surface area is 146 Å². The lowest BCUT2D eigenvalue weighted by atomic mass is 9.78. The highest BCUT2D eigenvalue weighted by molar-refractivity contribution is 5.88. The van der Waals surface area contributed by atoms with E-state index in [0.717, 1.165) is 51.1 Å². The molecule has 1 heterocycles. The summed E-state index contributed by atoms with van der Waals surface area (Å²) >= 11 is 0. The number of carbonyl (C=O) groups excluding carboxylic acids is 1. The van der Waals surface area contributed by atoms with Crippen LogP contribution >= 0.6 is 0 Å². The summed E-state index contributed by atoms with van der Waals surface area (Å²) in [6.45, 7) is 6.72. The van der Waals surface area contributed by atoms with Crippen LogP contribution in [0.3, 0.4) is 0 Å². The maximum absolute atomic E-state index is 12.9. The average Bonchev–Trinajstić information content (AvgIpc) is 3.12. The van der Waals surface area contributed by atoms with Crippen LogP contribution in [0, 0.1) is 5.92 Å². The predicted molar refractivity (Wildman–Crippen MR) is 99.1 cm³/mol. The highest BCUT2D eigenvalue weighted by atomic mass is 16.2. The van der Waals surface area contributed by atoms with Gasteiger partial charge in [-0.05, 0) is 63.2 Å².